The molecule has 33 heavy (non-hydrogen) atoms. The van der Waals surface area contributed by atoms with Crippen molar-refractivity contribution in [2.75, 3.05) is 0 Å². The number of amides is 1. The Morgan fingerprint density at radius 2 is 1.94 bits per heavy atom. The van der Waals surface area contributed by atoms with Crippen molar-refractivity contribution in [3.63, 3.8) is 0 Å². The molecule has 0 radical (unpaired) electrons. The van der Waals surface area contributed by atoms with Crippen LogP contribution >= 0.6 is 11.3 Å². The molecule has 8 nitrogen and oxygen atoms in total. The van der Waals surface area contributed by atoms with Crippen molar-refractivity contribution >= 4 is 34.3 Å². The monoisotopic (exact) mass is 471 g/mol. The number of benzene rings is 2. The van der Waals surface area contributed by atoms with Crippen molar-refractivity contribution < 1.29 is 28.3 Å². The number of alkyl carbamates (subject to hydrolysis) is 1. The molecule has 0 atom stereocenters. The first-order valence-corrected chi connectivity index (χ1v) is 10.4. The molecule has 0 fully saturated rings. The van der Waals surface area contributed by atoms with Crippen LogP contribution in [0.2, 0.25) is 0 Å². The number of nitrogens with one attached hydrogen (secondary N) is 1. The van der Waals surface area contributed by atoms with Gasteiger partial charge in [-0.05, 0) is 17.7 Å². The summed E-state index contributed by atoms with van der Waals surface area (Å²) in [7, 11) is 0. The van der Waals surface area contributed by atoms with E-state index in [1.54, 1.807) is 5.38 Å². The van der Waals surface area contributed by atoms with Crippen LogP contribution in [0.5, 0.6) is 0 Å². The minimum atomic E-state index is -1.85. The van der Waals surface area contributed by atoms with Crippen LogP contribution in [0.4, 0.5) is 13.7 Å². The zero-order chi connectivity index (χ0) is 23.5. The summed E-state index contributed by atoms with van der Waals surface area (Å²) in [6, 6.07) is 13.1. The number of thiazole rings is 1. The zero-order valence-electron chi connectivity index (χ0n) is 16.7. The van der Waals surface area contributed by atoms with E-state index in [1.807, 2.05) is 30.3 Å². The molecule has 168 valence electrons. The molecular weight excluding hydrogens is 456 g/mol. The van der Waals surface area contributed by atoms with Gasteiger partial charge >= 0.3 is 12.1 Å². The van der Waals surface area contributed by atoms with Gasteiger partial charge in [-0.15, -0.1) is 16.1 Å². The number of rotatable bonds is 6. The molecule has 4 rings (SSSR count). The largest absolute Gasteiger partial charge is 0.477 e. The van der Waals surface area contributed by atoms with Crippen LogP contribution in [-0.2, 0) is 17.9 Å². The first kappa shape index (κ1) is 22.1. The average molecular weight is 471 g/mol. The van der Waals surface area contributed by atoms with Gasteiger partial charge < -0.3 is 15.2 Å². The number of carboxylic acid groups (broad SMARTS) is 1. The minimum absolute atomic E-state index is 0.0935. The normalized spacial score (nSPS) is 10.8. The Balaban J connectivity index is 1.49. The molecule has 0 aliphatic rings. The predicted molar refractivity (Wildman–Crippen MR) is 116 cm³/mol. The van der Waals surface area contributed by atoms with E-state index in [4.69, 9.17) is 9.84 Å². The number of fused-ring (bicyclic) bond motifs is 1. The number of hydrogen-bond donors (Lipinski definition) is 2. The number of carboxylic acids is 1. The molecule has 1 amide bonds. The molecule has 0 unspecified atom stereocenters. The quantitative estimate of drug-likeness (QED) is 0.410. The van der Waals surface area contributed by atoms with Crippen molar-refractivity contribution in [1.82, 2.24) is 15.1 Å². The van der Waals surface area contributed by atoms with Gasteiger partial charge in [-0.3, -0.25) is 4.79 Å². The molecule has 2 N–H and O–H groups in total. The number of ether oxygens (including phenoxy) is 1. The maximum atomic E-state index is 14.4. The topological polar surface area (TPSA) is 111 Å². The molecule has 0 aliphatic carbocycles. The Hall–Kier alpha value is -4.12. The Kier molecular flexibility index (Phi) is 6.13. The fourth-order valence-corrected chi connectivity index (χ4v) is 3.85. The maximum Gasteiger partial charge on any atom is 0.407 e. The third-order valence-electron chi connectivity index (χ3n) is 4.72. The number of aromatic nitrogens is 2. The van der Waals surface area contributed by atoms with E-state index < -0.39 is 39.3 Å². The smallest absolute Gasteiger partial charge is 0.407 e. The van der Waals surface area contributed by atoms with E-state index in [1.165, 1.54) is 29.5 Å². The van der Waals surface area contributed by atoms with Crippen LogP contribution in [0.1, 0.15) is 20.9 Å². The van der Waals surface area contributed by atoms with Gasteiger partial charge in [-0.2, -0.15) is 4.39 Å². The standard InChI is InChI=1S/C22H15F2N3O5S/c23-20-18(21(29)30)19(28)14-7-6-13(8-16(14)27(20)24)15-11-33-17(26-15)9-25-22(31)32-10-12-4-2-1-3-5-12/h1-8,11H,9-10H2,(H,25,31)(H,29,30). The lowest BCUT2D eigenvalue weighted by atomic mass is 10.1. The summed E-state index contributed by atoms with van der Waals surface area (Å²) < 4.78 is 33.6. The van der Waals surface area contributed by atoms with E-state index >= 15 is 0 Å². The second-order valence-corrected chi connectivity index (χ2v) is 7.80. The third kappa shape index (κ3) is 4.58. The fraction of sp³-hybridized carbons (Fsp3) is 0.0909. The highest BCUT2D eigenvalue weighted by molar-refractivity contribution is 7.09. The van der Waals surface area contributed by atoms with Gasteiger partial charge in [0.1, 0.15) is 11.6 Å². The van der Waals surface area contributed by atoms with E-state index in [0.29, 0.717) is 16.3 Å². The molecule has 2 aromatic heterocycles. The second kappa shape index (κ2) is 9.17. The fourth-order valence-electron chi connectivity index (χ4n) is 3.11. The Bertz CT molecular complexity index is 1420. The predicted octanol–water partition coefficient (Wildman–Crippen LogP) is 4.12. The maximum absolute atomic E-state index is 14.4. The highest BCUT2D eigenvalue weighted by atomic mass is 32.1. The number of carbonyl (C=O) groups excluding carboxylic acids is 1. The Labute approximate surface area is 188 Å². The van der Waals surface area contributed by atoms with Gasteiger partial charge in [-0.25, -0.2) is 14.6 Å². The summed E-state index contributed by atoms with van der Waals surface area (Å²) in [5.41, 5.74) is -1.17. The first-order chi connectivity index (χ1) is 15.8. The van der Waals surface area contributed by atoms with Crippen molar-refractivity contribution in [3.05, 3.63) is 86.2 Å². The van der Waals surface area contributed by atoms with Crippen LogP contribution in [0.15, 0.2) is 58.7 Å². The lowest BCUT2D eigenvalue weighted by Gasteiger charge is -2.07. The summed E-state index contributed by atoms with van der Waals surface area (Å²) in [6.07, 6.45) is -0.618. The molecule has 0 saturated heterocycles. The Morgan fingerprint density at radius 3 is 2.67 bits per heavy atom. The van der Waals surface area contributed by atoms with Crippen LogP contribution in [-0.4, -0.2) is 26.9 Å². The van der Waals surface area contributed by atoms with Crippen LogP contribution in [0, 0.1) is 5.95 Å². The third-order valence-corrected chi connectivity index (χ3v) is 5.57. The molecule has 2 heterocycles. The Morgan fingerprint density at radius 1 is 1.18 bits per heavy atom. The van der Waals surface area contributed by atoms with Crippen molar-refractivity contribution in [1.29, 1.82) is 0 Å². The highest BCUT2D eigenvalue weighted by Gasteiger charge is 2.23. The number of hydrogen-bond acceptors (Lipinski definition) is 6. The lowest BCUT2D eigenvalue weighted by molar-refractivity contribution is 0.0685. The van der Waals surface area contributed by atoms with Gasteiger partial charge in [0.15, 0.2) is 5.56 Å². The van der Waals surface area contributed by atoms with Crippen molar-refractivity contribution in [3.8, 4) is 11.3 Å². The van der Waals surface area contributed by atoms with Gasteiger partial charge in [0.2, 0.25) is 11.4 Å². The molecule has 2 aromatic carbocycles. The molecule has 11 heteroatoms. The lowest BCUT2D eigenvalue weighted by Crippen LogP contribution is -2.23. The zero-order valence-corrected chi connectivity index (χ0v) is 17.6. The van der Waals surface area contributed by atoms with Crippen LogP contribution < -0.4 is 10.7 Å². The van der Waals surface area contributed by atoms with E-state index in [9.17, 15) is 23.3 Å². The number of pyridine rings is 1. The summed E-state index contributed by atoms with van der Waals surface area (Å²) >= 11 is 1.23. The molecular formula is C22H15F2N3O5S. The number of aromatic carboxylic acids is 1. The van der Waals surface area contributed by atoms with Gasteiger partial charge in [0, 0.05) is 16.3 Å². The average Bonchev–Trinajstić information content (AvgIpc) is 3.29. The summed E-state index contributed by atoms with van der Waals surface area (Å²) in [5.74, 6) is -3.64. The van der Waals surface area contributed by atoms with Gasteiger partial charge in [0.25, 0.3) is 0 Å². The van der Waals surface area contributed by atoms with E-state index in [0.717, 1.165) is 5.56 Å². The molecule has 4 aromatic rings. The van der Waals surface area contributed by atoms with E-state index in [-0.39, 0.29) is 18.5 Å². The number of carbonyl (C=O) groups is 2. The molecule has 0 saturated carbocycles. The highest BCUT2D eigenvalue weighted by Crippen LogP contribution is 2.26. The first-order valence-electron chi connectivity index (χ1n) is 9.52. The summed E-state index contributed by atoms with van der Waals surface area (Å²) in [4.78, 5) is 39.1. The van der Waals surface area contributed by atoms with Crippen LogP contribution in [0.25, 0.3) is 22.2 Å². The number of halogens is 2. The summed E-state index contributed by atoms with van der Waals surface area (Å²) in [6.45, 7) is 0.217. The van der Waals surface area contributed by atoms with Crippen molar-refractivity contribution in [2.45, 2.75) is 13.2 Å². The molecule has 0 aliphatic heterocycles. The SMILES string of the molecule is O=C(NCc1nc(-c2ccc3c(=O)c(C(=O)O)c(F)n(F)c3c2)cs1)OCc1ccccc1. The van der Waals surface area contributed by atoms with Crippen molar-refractivity contribution in [2.24, 2.45) is 0 Å². The van der Waals surface area contributed by atoms with Crippen LogP contribution in [0.3, 0.4) is 0 Å². The van der Waals surface area contributed by atoms with Gasteiger partial charge in [0.05, 0.1) is 17.8 Å². The second-order valence-electron chi connectivity index (χ2n) is 6.85. The number of nitrogens with zero attached hydrogens (tertiary/aromatic N) is 2. The molecule has 0 bridgehead atoms. The summed E-state index contributed by atoms with van der Waals surface area (Å²) in [5, 5.41) is 13.5. The van der Waals surface area contributed by atoms with Gasteiger partial charge in [-0.1, -0.05) is 40.9 Å². The minimum Gasteiger partial charge on any atom is -0.477 e. The van der Waals surface area contributed by atoms with E-state index in [2.05, 4.69) is 10.3 Å². The molecule has 0 spiro atoms.